The Labute approximate surface area is 109 Å². The van der Waals surface area contributed by atoms with Crippen molar-refractivity contribution in [2.24, 2.45) is 0 Å². The van der Waals surface area contributed by atoms with Crippen LogP contribution in [0.5, 0.6) is 5.75 Å². The maximum atomic E-state index is 12.1. The molecule has 0 spiro atoms. The average molecular weight is 258 g/mol. The van der Waals surface area contributed by atoms with Crippen LogP contribution in [0, 0.1) is 13.8 Å². The molecule has 0 unspecified atom stereocenters. The molecule has 0 aliphatic heterocycles. The standard InChI is InChI=1S/C14H14N2O3/c1-8-6-9(2)15-13(18)12(8)14(19)16-10-4-3-5-11(17)7-10/h3-7,17H,1-2H3,(H,15,18)(H,16,19). The molecule has 0 fully saturated rings. The molecule has 0 atom stereocenters. The first-order valence-corrected chi connectivity index (χ1v) is 5.78. The highest BCUT2D eigenvalue weighted by Gasteiger charge is 2.14. The molecular weight excluding hydrogens is 244 g/mol. The van der Waals surface area contributed by atoms with E-state index in [2.05, 4.69) is 10.3 Å². The number of phenolic OH excluding ortho intramolecular Hbond substituents is 1. The third-order valence-corrected chi connectivity index (χ3v) is 2.70. The molecule has 2 aromatic rings. The topological polar surface area (TPSA) is 82.2 Å². The summed E-state index contributed by atoms with van der Waals surface area (Å²) in [6.45, 7) is 3.46. The number of rotatable bonds is 2. The van der Waals surface area contributed by atoms with Crippen LogP contribution in [0.4, 0.5) is 5.69 Å². The minimum absolute atomic E-state index is 0.0485. The van der Waals surface area contributed by atoms with Gasteiger partial charge in [-0.1, -0.05) is 6.07 Å². The summed E-state index contributed by atoms with van der Waals surface area (Å²) in [5.74, 6) is -0.448. The number of nitrogens with one attached hydrogen (secondary N) is 2. The fourth-order valence-corrected chi connectivity index (χ4v) is 1.91. The number of hydrogen-bond acceptors (Lipinski definition) is 3. The monoisotopic (exact) mass is 258 g/mol. The zero-order valence-corrected chi connectivity index (χ0v) is 10.7. The fraction of sp³-hybridized carbons (Fsp3) is 0.143. The Morgan fingerprint density at radius 1 is 1.26 bits per heavy atom. The molecule has 1 aromatic heterocycles. The molecule has 0 aliphatic carbocycles. The Hall–Kier alpha value is -2.56. The number of carbonyl (C=O) groups is 1. The zero-order valence-electron chi connectivity index (χ0n) is 10.7. The van der Waals surface area contributed by atoms with E-state index in [0.717, 1.165) is 0 Å². The van der Waals surface area contributed by atoms with Crippen molar-refractivity contribution in [3.63, 3.8) is 0 Å². The maximum Gasteiger partial charge on any atom is 0.261 e. The van der Waals surface area contributed by atoms with Gasteiger partial charge < -0.3 is 15.4 Å². The van der Waals surface area contributed by atoms with Crippen LogP contribution in [-0.4, -0.2) is 16.0 Å². The average Bonchev–Trinajstić information content (AvgIpc) is 2.27. The van der Waals surface area contributed by atoms with Crippen molar-refractivity contribution in [3.05, 3.63) is 57.5 Å². The summed E-state index contributed by atoms with van der Waals surface area (Å²) in [5, 5.41) is 11.9. The predicted molar refractivity (Wildman–Crippen MR) is 72.6 cm³/mol. The molecule has 1 heterocycles. The number of aromatic amines is 1. The highest BCUT2D eigenvalue weighted by molar-refractivity contribution is 6.05. The first-order chi connectivity index (χ1) is 8.97. The minimum Gasteiger partial charge on any atom is -0.508 e. The summed E-state index contributed by atoms with van der Waals surface area (Å²) in [4.78, 5) is 26.5. The summed E-state index contributed by atoms with van der Waals surface area (Å²) in [6, 6.07) is 7.89. The van der Waals surface area contributed by atoms with Crippen molar-refractivity contribution >= 4 is 11.6 Å². The number of aromatic nitrogens is 1. The van der Waals surface area contributed by atoms with E-state index in [0.29, 0.717) is 16.9 Å². The smallest absolute Gasteiger partial charge is 0.261 e. The third kappa shape index (κ3) is 2.82. The zero-order chi connectivity index (χ0) is 14.0. The number of H-pyrrole nitrogens is 1. The number of anilines is 1. The van der Waals surface area contributed by atoms with Crippen LogP contribution in [0.25, 0.3) is 0 Å². The van der Waals surface area contributed by atoms with Crippen LogP contribution < -0.4 is 10.9 Å². The summed E-state index contributed by atoms with van der Waals surface area (Å²) in [6.07, 6.45) is 0. The molecule has 3 N–H and O–H groups in total. The highest BCUT2D eigenvalue weighted by Crippen LogP contribution is 2.16. The first-order valence-electron chi connectivity index (χ1n) is 5.78. The van der Waals surface area contributed by atoms with Crippen LogP contribution in [-0.2, 0) is 0 Å². The first kappa shape index (κ1) is 12.9. The van der Waals surface area contributed by atoms with Crippen LogP contribution in [0.1, 0.15) is 21.6 Å². The van der Waals surface area contributed by atoms with Crippen LogP contribution in [0.15, 0.2) is 35.1 Å². The molecule has 0 bridgehead atoms. The Balaban J connectivity index is 2.33. The van der Waals surface area contributed by atoms with Crippen LogP contribution >= 0.6 is 0 Å². The van der Waals surface area contributed by atoms with Crippen molar-refractivity contribution in [2.75, 3.05) is 5.32 Å². The van der Waals surface area contributed by atoms with Crippen LogP contribution in [0.2, 0.25) is 0 Å². The number of amides is 1. The van der Waals surface area contributed by atoms with Crippen molar-refractivity contribution in [3.8, 4) is 5.75 Å². The largest absolute Gasteiger partial charge is 0.508 e. The van der Waals surface area contributed by atoms with Gasteiger partial charge in [0.05, 0.1) is 0 Å². The van der Waals surface area contributed by atoms with Gasteiger partial charge in [0.25, 0.3) is 11.5 Å². The van der Waals surface area contributed by atoms with E-state index in [1.54, 1.807) is 32.0 Å². The summed E-state index contributed by atoms with van der Waals surface area (Å²) in [5.41, 5.74) is 1.41. The van der Waals surface area contributed by atoms with E-state index in [1.807, 2.05) is 0 Å². The van der Waals surface area contributed by atoms with Crippen molar-refractivity contribution in [1.29, 1.82) is 0 Å². The molecule has 0 saturated carbocycles. The van der Waals surface area contributed by atoms with Crippen LogP contribution in [0.3, 0.4) is 0 Å². The number of hydrogen-bond donors (Lipinski definition) is 3. The second-order valence-corrected chi connectivity index (χ2v) is 4.34. The molecule has 19 heavy (non-hydrogen) atoms. The van der Waals surface area contributed by atoms with E-state index in [-0.39, 0.29) is 11.3 Å². The van der Waals surface area contributed by atoms with Gasteiger partial charge in [0.2, 0.25) is 0 Å². The lowest BCUT2D eigenvalue weighted by Crippen LogP contribution is -2.25. The summed E-state index contributed by atoms with van der Waals surface area (Å²) in [7, 11) is 0. The number of aryl methyl sites for hydroxylation is 2. The minimum atomic E-state index is -0.496. The van der Waals surface area contributed by atoms with Crippen molar-refractivity contribution in [2.45, 2.75) is 13.8 Å². The molecule has 0 saturated heterocycles. The number of phenols is 1. The number of benzene rings is 1. The molecule has 1 amide bonds. The van der Waals surface area contributed by atoms with Gasteiger partial charge in [0.1, 0.15) is 11.3 Å². The predicted octanol–water partition coefficient (Wildman–Crippen LogP) is 1.95. The van der Waals surface area contributed by atoms with E-state index in [4.69, 9.17) is 0 Å². The fourth-order valence-electron chi connectivity index (χ4n) is 1.91. The van der Waals surface area contributed by atoms with Gasteiger partial charge in [-0.3, -0.25) is 9.59 Å². The number of aromatic hydroxyl groups is 1. The molecule has 1 aromatic carbocycles. The van der Waals surface area contributed by atoms with Crippen molar-refractivity contribution < 1.29 is 9.90 Å². The molecule has 0 radical (unpaired) electrons. The van der Waals surface area contributed by atoms with Gasteiger partial charge in [-0.2, -0.15) is 0 Å². The Bertz CT molecular complexity index is 689. The lowest BCUT2D eigenvalue weighted by molar-refractivity contribution is 0.102. The van der Waals surface area contributed by atoms with Gasteiger partial charge >= 0.3 is 0 Å². The molecule has 5 heteroatoms. The van der Waals surface area contributed by atoms with Gasteiger partial charge in [-0.25, -0.2) is 0 Å². The lowest BCUT2D eigenvalue weighted by Gasteiger charge is -2.07. The third-order valence-electron chi connectivity index (χ3n) is 2.70. The molecule has 2 rings (SSSR count). The van der Waals surface area contributed by atoms with Crippen molar-refractivity contribution in [1.82, 2.24) is 4.98 Å². The van der Waals surface area contributed by atoms with Gasteiger partial charge in [-0.15, -0.1) is 0 Å². The summed E-state index contributed by atoms with van der Waals surface area (Å²) >= 11 is 0. The van der Waals surface area contributed by atoms with E-state index in [9.17, 15) is 14.7 Å². The second-order valence-electron chi connectivity index (χ2n) is 4.34. The SMILES string of the molecule is Cc1cc(C)c(C(=O)Nc2cccc(O)c2)c(=O)[nH]1. The Morgan fingerprint density at radius 3 is 2.63 bits per heavy atom. The number of pyridine rings is 1. The van der Waals surface area contributed by atoms with E-state index in [1.165, 1.54) is 12.1 Å². The lowest BCUT2D eigenvalue weighted by atomic mass is 10.1. The van der Waals surface area contributed by atoms with E-state index >= 15 is 0 Å². The normalized spacial score (nSPS) is 10.2. The quantitative estimate of drug-likeness (QED) is 0.770. The second kappa shape index (κ2) is 4.97. The Kier molecular flexibility index (Phi) is 3.37. The maximum absolute atomic E-state index is 12.1. The number of carbonyl (C=O) groups excluding carboxylic acids is 1. The van der Waals surface area contributed by atoms with Gasteiger partial charge in [0, 0.05) is 17.4 Å². The summed E-state index contributed by atoms with van der Waals surface area (Å²) < 4.78 is 0. The molecular formula is C14H14N2O3. The van der Waals surface area contributed by atoms with Gasteiger partial charge in [-0.05, 0) is 37.6 Å². The van der Waals surface area contributed by atoms with E-state index < -0.39 is 11.5 Å². The van der Waals surface area contributed by atoms with Gasteiger partial charge in [0.15, 0.2) is 0 Å². The highest BCUT2D eigenvalue weighted by atomic mass is 16.3. The molecule has 0 aliphatic rings. The Morgan fingerprint density at radius 2 is 2.00 bits per heavy atom. The molecule has 98 valence electrons. The molecule has 5 nitrogen and oxygen atoms in total.